The van der Waals surface area contributed by atoms with Gasteiger partial charge in [0.15, 0.2) is 0 Å². The molecule has 0 aromatic heterocycles. The number of rotatable bonds is 2. The van der Waals surface area contributed by atoms with Crippen molar-refractivity contribution in [2.24, 2.45) is 5.92 Å². The zero-order valence-electron chi connectivity index (χ0n) is 10.1. The molecule has 0 heterocycles. The van der Waals surface area contributed by atoms with Crippen LogP contribution in [0.3, 0.4) is 0 Å². The highest BCUT2D eigenvalue weighted by molar-refractivity contribution is 9.10. The molecular formula is C14H16BrFN2. The minimum Gasteiger partial charge on any atom is -0.381 e. The van der Waals surface area contributed by atoms with E-state index in [0.29, 0.717) is 4.47 Å². The van der Waals surface area contributed by atoms with Crippen LogP contribution in [-0.4, -0.2) is 6.04 Å². The van der Waals surface area contributed by atoms with Crippen LogP contribution in [0.5, 0.6) is 0 Å². The van der Waals surface area contributed by atoms with Gasteiger partial charge < -0.3 is 5.32 Å². The Balaban J connectivity index is 2.10. The van der Waals surface area contributed by atoms with Crippen LogP contribution in [0.25, 0.3) is 0 Å². The van der Waals surface area contributed by atoms with Gasteiger partial charge in [0.05, 0.1) is 16.5 Å². The largest absolute Gasteiger partial charge is 0.381 e. The summed E-state index contributed by atoms with van der Waals surface area (Å²) >= 11 is 3.18. The van der Waals surface area contributed by atoms with Gasteiger partial charge in [-0.15, -0.1) is 0 Å². The first-order valence-electron chi connectivity index (χ1n) is 6.32. The number of hydrogen-bond acceptors (Lipinski definition) is 2. The molecule has 1 aromatic rings. The van der Waals surface area contributed by atoms with Gasteiger partial charge in [0.2, 0.25) is 0 Å². The quantitative estimate of drug-likeness (QED) is 0.818. The molecule has 0 aliphatic heterocycles. The summed E-state index contributed by atoms with van der Waals surface area (Å²) in [7, 11) is 0. The molecule has 1 aliphatic carbocycles. The Morgan fingerprint density at radius 1 is 1.28 bits per heavy atom. The summed E-state index contributed by atoms with van der Waals surface area (Å²) in [5.41, 5.74) is 0.871. The van der Waals surface area contributed by atoms with Crippen molar-refractivity contribution < 1.29 is 4.39 Å². The highest BCUT2D eigenvalue weighted by Crippen LogP contribution is 2.27. The van der Waals surface area contributed by atoms with Gasteiger partial charge in [-0.25, -0.2) is 4.39 Å². The molecule has 2 unspecified atom stereocenters. The fraction of sp³-hybridized carbons (Fsp3) is 0.500. The summed E-state index contributed by atoms with van der Waals surface area (Å²) in [6.07, 6.45) is 5.44. The number of benzene rings is 1. The summed E-state index contributed by atoms with van der Waals surface area (Å²) in [4.78, 5) is 0. The topological polar surface area (TPSA) is 35.8 Å². The molecule has 0 spiro atoms. The SMILES string of the molecule is N#CC1CCCCCC1Nc1ccc(F)c(Br)c1. The molecule has 4 heteroatoms. The first kappa shape index (κ1) is 13.4. The van der Waals surface area contributed by atoms with Crippen molar-refractivity contribution in [1.29, 1.82) is 5.26 Å². The molecule has 0 saturated heterocycles. The number of anilines is 1. The molecule has 1 aliphatic rings. The Bertz CT molecular complexity index is 456. The minimum absolute atomic E-state index is 0.0522. The van der Waals surface area contributed by atoms with Crippen LogP contribution in [0.2, 0.25) is 0 Å². The summed E-state index contributed by atoms with van der Waals surface area (Å²) in [5, 5.41) is 12.6. The predicted molar refractivity (Wildman–Crippen MR) is 73.7 cm³/mol. The predicted octanol–water partition coefficient (Wildman–Crippen LogP) is 4.47. The molecule has 1 N–H and O–H groups in total. The molecule has 18 heavy (non-hydrogen) atoms. The maximum atomic E-state index is 13.2. The number of nitrogens with one attached hydrogen (secondary N) is 1. The summed E-state index contributed by atoms with van der Waals surface area (Å²) in [5.74, 6) is -0.213. The van der Waals surface area contributed by atoms with E-state index in [1.165, 1.54) is 12.5 Å². The van der Waals surface area contributed by atoms with Crippen LogP contribution in [0.1, 0.15) is 32.1 Å². The first-order chi connectivity index (χ1) is 8.70. The van der Waals surface area contributed by atoms with Gasteiger partial charge >= 0.3 is 0 Å². The Morgan fingerprint density at radius 2 is 2.06 bits per heavy atom. The summed E-state index contributed by atoms with van der Waals surface area (Å²) in [6, 6.07) is 7.46. The van der Waals surface area contributed by atoms with Crippen molar-refractivity contribution in [3.8, 4) is 6.07 Å². The lowest BCUT2D eigenvalue weighted by Crippen LogP contribution is -2.27. The zero-order valence-corrected chi connectivity index (χ0v) is 11.7. The fourth-order valence-electron chi connectivity index (χ4n) is 2.43. The second kappa shape index (κ2) is 6.19. The first-order valence-corrected chi connectivity index (χ1v) is 7.11. The lowest BCUT2D eigenvalue weighted by molar-refractivity contribution is 0.514. The van der Waals surface area contributed by atoms with E-state index in [1.54, 1.807) is 12.1 Å². The summed E-state index contributed by atoms with van der Waals surface area (Å²) in [6.45, 7) is 0. The smallest absolute Gasteiger partial charge is 0.137 e. The highest BCUT2D eigenvalue weighted by atomic mass is 79.9. The molecule has 0 bridgehead atoms. The molecule has 2 nitrogen and oxygen atoms in total. The van der Waals surface area contributed by atoms with Crippen molar-refractivity contribution in [3.63, 3.8) is 0 Å². The third-order valence-corrected chi connectivity index (χ3v) is 4.06. The minimum atomic E-state index is -0.266. The average Bonchev–Trinajstić information content (AvgIpc) is 2.59. The number of nitriles is 1. The lowest BCUT2D eigenvalue weighted by atomic mass is 9.96. The van der Waals surface area contributed by atoms with E-state index < -0.39 is 0 Å². The molecule has 0 radical (unpaired) electrons. The van der Waals surface area contributed by atoms with Crippen molar-refractivity contribution in [3.05, 3.63) is 28.5 Å². The van der Waals surface area contributed by atoms with Gasteiger partial charge in [0.1, 0.15) is 5.82 Å². The van der Waals surface area contributed by atoms with Crippen molar-refractivity contribution >= 4 is 21.6 Å². The Labute approximate surface area is 115 Å². The third-order valence-electron chi connectivity index (χ3n) is 3.45. The van der Waals surface area contributed by atoms with Gasteiger partial charge in [-0.2, -0.15) is 5.26 Å². The Hall–Kier alpha value is -1.08. The lowest BCUT2D eigenvalue weighted by Gasteiger charge is -2.22. The van der Waals surface area contributed by atoms with E-state index in [9.17, 15) is 9.65 Å². The van der Waals surface area contributed by atoms with E-state index in [0.717, 1.165) is 31.4 Å². The van der Waals surface area contributed by atoms with E-state index >= 15 is 0 Å². The van der Waals surface area contributed by atoms with E-state index in [4.69, 9.17) is 0 Å². The van der Waals surface area contributed by atoms with E-state index in [1.807, 2.05) is 0 Å². The molecular weight excluding hydrogens is 295 g/mol. The number of nitrogens with zero attached hydrogens (tertiary/aromatic N) is 1. The van der Waals surface area contributed by atoms with E-state index in [2.05, 4.69) is 27.3 Å². The van der Waals surface area contributed by atoms with Crippen LogP contribution in [0, 0.1) is 23.1 Å². The normalized spacial score (nSPS) is 24.1. The fourth-order valence-corrected chi connectivity index (χ4v) is 2.81. The summed E-state index contributed by atoms with van der Waals surface area (Å²) < 4.78 is 13.6. The van der Waals surface area contributed by atoms with Crippen molar-refractivity contribution in [2.75, 3.05) is 5.32 Å². The van der Waals surface area contributed by atoms with Crippen molar-refractivity contribution in [1.82, 2.24) is 0 Å². The van der Waals surface area contributed by atoms with Crippen LogP contribution < -0.4 is 5.32 Å². The van der Waals surface area contributed by atoms with Gasteiger partial charge in [0.25, 0.3) is 0 Å². The highest BCUT2D eigenvalue weighted by Gasteiger charge is 2.23. The Kier molecular flexibility index (Phi) is 4.60. The van der Waals surface area contributed by atoms with E-state index in [-0.39, 0.29) is 17.8 Å². The molecule has 1 aromatic carbocycles. The van der Waals surface area contributed by atoms with Crippen LogP contribution >= 0.6 is 15.9 Å². The van der Waals surface area contributed by atoms with Gasteiger partial charge in [-0.1, -0.05) is 19.3 Å². The van der Waals surface area contributed by atoms with Crippen LogP contribution in [0.4, 0.5) is 10.1 Å². The monoisotopic (exact) mass is 310 g/mol. The molecule has 2 rings (SSSR count). The maximum Gasteiger partial charge on any atom is 0.137 e. The van der Waals surface area contributed by atoms with Crippen LogP contribution in [0.15, 0.2) is 22.7 Å². The molecule has 1 fully saturated rings. The molecule has 1 saturated carbocycles. The standard InChI is InChI=1S/C14H16BrFN2/c15-12-8-11(6-7-13(12)16)18-14-5-3-1-2-4-10(14)9-17/h6-8,10,14,18H,1-5H2. The van der Waals surface area contributed by atoms with Gasteiger partial charge in [-0.3, -0.25) is 0 Å². The zero-order chi connectivity index (χ0) is 13.0. The second-order valence-corrected chi connectivity index (χ2v) is 5.61. The Morgan fingerprint density at radius 3 is 2.78 bits per heavy atom. The van der Waals surface area contributed by atoms with Crippen LogP contribution in [-0.2, 0) is 0 Å². The van der Waals surface area contributed by atoms with Crippen molar-refractivity contribution in [2.45, 2.75) is 38.1 Å². The number of hydrogen-bond donors (Lipinski definition) is 1. The van der Waals surface area contributed by atoms with Gasteiger partial charge in [-0.05, 0) is 47.0 Å². The molecule has 96 valence electrons. The molecule has 0 amide bonds. The molecule has 2 atom stereocenters. The van der Waals surface area contributed by atoms with Gasteiger partial charge in [0, 0.05) is 11.7 Å². The number of halogens is 2. The third kappa shape index (κ3) is 3.23. The second-order valence-electron chi connectivity index (χ2n) is 4.75. The maximum absolute atomic E-state index is 13.2. The average molecular weight is 311 g/mol.